The van der Waals surface area contributed by atoms with Gasteiger partial charge in [0.15, 0.2) is 0 Å². The average Bonchev–Trinajstić information content (AvgIpc) is 2.43. The molecule has 5 heteroatoms. The summed E-state index contributed by atoms with van der Waals surface area (Å²) < 4.78 is 1.02. The van der Waals surface area contributed by atoms with E-state index in [9.17, 15) is 10.1 Å². The van der Waals surface area contributed by atoms with Gasteiger partial charge in [0.1, 0.15) is 0 Å². The molecule has 1 N–H and O–H groups in total. The minimum absolute atomic E-state index is 0.0730. The number of benzene rings is 2. The Hall–Kier alpha value is -1.88. The maximum atomic E-state index is 10.6. The molecule has 20 heavy (non-hydrogen) atoms. The van der Waals surface area contributed by atoms with Crippen molar-refractivity contribution in [1.29, 1.82) is 0 Å². The van der Waals surface area contributed by atoms with Gasteiger partial charge in [0, 0.05) is 28.3 Å². The zero-order valence-electron chi connectivity index (χ0n) is 11.3. The molecule has 0 bridgehead atoms. The topological polar surface area (TPSA) is 55.2 Å². The van der Waals surface area contributed by atoms with E-state index >= 15 is 0 Å². The number of nitro benzene ring substituents is 1. The van der Waals surface area contributed by atoms with Crippen molar-refractivity contribution >= 4 is 27.3 Å². The van der Waals surface area contributed by atoms with Gasteiger partial charge >= 0.3 is 0 Å². The van der Waals surface area contributed by atoms with Gasteiger partial charge in [-0.3, -0.25) is 10.1 Å². The third-order valence-electron chi connectivity index (χ3n) is 3.18. The molecule has 0 aliphatic rings. The minimum atomic E-state index is -0.389. The molecule has 0 amide bonds. The van der Waals surface area contributed by atoms with Gasteiger partial charge in [-0.2, -0.15) is 0 Å². The first-order valence-corrected chi connectivity index (χ1v) is 7.03. The number of non-ortho nitro benzene ring substituents is 1. The van der Waals surface area contributed by atoms with Gasteiger partial charge in [0.25, 0.3) is 5.69 Å². The van der Waals surface area contributed by atoms with Gasteiger partial charge in [-0.05, 0) is 37.1 Å². The number of hydrogen-bond donors (Lipinski definition) is 1. The van der Waals surface area contributed by atoms with E-state index in [-0.39, 0.29) is 16.7 Å². The van der Waals surface area contributed by atoms with Crippen LogP contribution in [0.4, 0.5) is 11.4 Å². The van der Waals surface area contributed by atoms with Gasteiger partial charge in [-0.25, -0.2) is 0 Å². The lowest BCUT2D eigenvalue weighted by Crippen LogP contribution is -2.07. The molecule has 0 aliphatic carbocycles. The van der Waals surface area contributed by atoms with E-state index in [0.717, 1.165) is 21.3 Å². The van der Waals surface area contributed by atoms with Crippen LogP contribution in [0.2, 0.25) is 0 Å². The Morgan fingerprint density at radius 2 is 1.85 bits per heavy atom. The number of anilines is 1. The summed E-state index contributed by atoms with van der Waals surface area (Å²) >= 11 is 3.45. The number of nitrogens with one attached hydrogen (secondary N) is 1. The molecule has 0 heterocycles. The van der Waals surface area contributed by atoms with Crippen LogP contribution in [-0.4, -0.2) is 4.92 Å². The second kappa shape index (κ2) is 6.05. The molecule has 104 valence electrons. The maximum absolute atomic E-state index is 10.6. The molecule has 1 unspecified atom stereocenters. The highest BCUT2D eigenvalue weighted by Gasteiger charge is 2.10. The van der Waals surface area contributed by atoms with Crippen molar-refractivity contribution in [2.24, 2.45) is 0 Å². The monoisotopic (exact) mass is 334 g/mol. The van der Waals surface area contributed by atoms with Crippen molar-refractivity contribution in [2.75, 3.05) is 5.32 Å². The summed E-state index contributed by atoms with van der Waals surface area (Å²) in [6, 6.07) is 12.8. The minimum Gasteiger partial charge on any atom is -0.378 e. The smallest absolute Gasteiger partial charge is 0.269 e. The summed E-state index contributed by atoms with van der Waals surface area (Å²) in [6.45, 7) is 4.07. The molecule has 4 nitrogen and oxygen atoms in total. The van der Waals surface area contributed by atoms with E-state index in [1.165, 1.54) is 12.1 Å². The average molecular weight is 335 g/mol. The number of rotatable bonds is 4. The Morgan fingerprint density at radius 1 is 1.20 bits per heavy atom. The van der Waals surface area contributed by atoms with Crippen LogP contribution in [0, 0.1) is 17.0 Å². The van der Waals surface area contributed by atoms with Crippen molar-refractivity contribution in [3.05, 3.63) is 68.2 Å². The molecule has 0 aliphatic heterocycles. The molecule has 2 rings (SSSR count). The molecule has 0 saturated carbocycles. The van der Waals surface area contributed by atoms with E-state index in [1.807, 2.05) is 32.0 Å². The van der Waals surface area contributed by atoms with E-state index in [2.05, 4.69) is 21.2 Å². The molecule has 0 aromatic heterocycles. The van der Waals surface area contributed by atoms with Crippen molar-refractivity contribution in [1.82, 2.24) is 0 Å². The van der Waals surface area contributed by atoms with Gasteiger partial charge in [-0.1, -0.05) is 34.1 Å². The third-order valence-corrected chi connectivity index (χ3v) is 3.67. The predicted octanol–water partition coefficient (Wildman–Crippen LogP) is 4.84. The van der Waals surface area contributed by atoms with Crippen LogP contribution < -0.4 is 5.32 Å². The Balaban J connectivity index is 2.17. The molecule has 0 spiro atoms. The van der Waals surface area contributed by atoms with Gasteiger partial charge < -0.3 is 5.32 Å². The molecular formula is C15H15BrN2O2. The summed E-state index contributed by atoms with van der Waals surface area (Å²) in [6.07, 6.45) is 0. The Kier molecular flexibility index (Phi) is 4.39. The predicted molar refractivity (Wildman–Crippen MR) is 84.0 cm³/mol. The Morgan fingerprint density at radius 3 is 2.45 bits per heavy atom. The fourth-order valence-corrected chi connectivity index (χ4v) is 2.31. The lowest BCUT2D eigenvalue weighted by Gasteiger charge is -2.17. The largest absolute Gasteiger partial charge is 0.378 e. The molecular weight excluding hydrogens is 320 g/mol. The quantitative estimate of drug-likeness (QED) is 0.642. The lowest BCUT2D eigenvalue weighted by molar-refractivity contribution is -0.384. The van der Waals surface area contributed by atoms with E-state index in [0.29, 0.717) is 0 Å². The standard InChI is InChI=1S/C15H15BrN2O2/c1-10-3-6-13(16)9-15(10)17-11(2)12-4-7-14(8-5-12)18(19)20/h3-9,11,17H,1-2H3. The first-order valence-electron chi connectivity index (χ1n) is 6.24. The lowest BCUT2D eigenvalue weighted by atomic mass is 10.1. The molecule has 1 atom stereocenters. The molecule has 2 aromatic carbocycles. The summed E-state index contributed by atoms with van der Waals surface area (Å²) in [5.74, 6) is 0. The highest BCUT2D eigenvalue weighted by molar-refractivity contribution is 9.10. The summed E-state index contributed by atoms with van der Waals surface area (Å²) in [5.41, 5.74) is 3.32. The highest BCUT2D eigenvalue weighted by atomic mass is 79.9. The van der Waals surface area contributed by atoms with E-state index in [1.54, 1.807) is 12.1 Å². The van der Waals surface area contributed by atoms with Crippen LogP contribution in [0.1, 0.15) is 24.1 Å². The number of nitrogens with zero attached hydrogens (tertiary/aromatic N) is 1. The second-order valence-corrected chi connectivity index (χ2v) is 5.59. The van der Waals surface area contributed by atoms with Gasteiger partial charge in [0.2, 0.25) is 0 Å². The Bertz CT molecular complexity index is 626. The van der Waals surface area contributed by atoms with E-state index in [4.69, 9.17) is 0 Å². The van der Waals surface area contributed by atoms with Crippen molar-refractivity contribution in [3.63, 3.8) is 0 Å². The van der Waals surface area contributed by atoms with Crippen LogP contribution >= 0.6 is 15.9 Å². The van der Waals surface area contributed by atoms with E-state index < -0.39 is 0 Å². The van der Waals surface area contributed by atoms with Gasteiger partial charge in [-0.15, -0.1) is 0 Å². The zero-order valence-corrected chi connectivity index (χ0v) is 12.8. The first kappa shape index (κ1) is 14.5. The molecule has 0 radical (unpaired) electrons. The number of nitro groups is 1. The van der Waals surface area contributed by atoms with Crippen LogP contribution in [-0.2, 0) is 0 Å². The number of halogens is 1. The second-order valence-electron chi connectivity index (χ2n) is 4.67. The third kappa shape index (κ3) is 3.36. The van der Waals surface area contributed by atoms with Crippen LogP contribution in [0.15, 0.2) is 46.9 Å². The summed E-state index contributed by atoms with van der Waals surface area (Å²) in [7, 11) is 0. The summed E-state index contributed by atoms with van der Waals surface area (Å²) in [4.78, 5) is 10.3. The fraction of sp³-hybridized carbons (Fsp3) is 0.200. The number of aryl methyl sites for hydroxylation is 1. The van der Waals surface area contributed by atoms with Crippen LogP contribution in [0.3, 0.4) is 0 Å². The number of hydrogen-bond acceptors (Lipinski definition) is 3. The normalized spacial score (nSPS) is 11.9. The van der Waals surface area contributed by atoms with Crippen LogP contribution in [0.25, 0.3) is 0 Å². The van der Waals surface area contributed by atoms with Crippen molar-refractivity contribution in [3.8, 4) is 0 Å². The highest BCUT2D eigenvalue weighted by Crippen LogP contribution is 2.26. The fourth-order valence-electron chi connectivity index (χ4n) is 1.95. The molecule has 2 aromatic rings. The first-order chi connectivity index (χ1) is 9.47. The molecule has 0 fully saturated rings. The summed E-state index contributed by atoms with van der Waals surface area (Å²) in [5, 5.41) is 14.1. The van der Waals surface area contributed by atoms with Crippen molar-refractivity contribution in [2.45, 2.75) is 19.9 Å². The van der Waals surface area contributed by atoms with Crippen LogP contribution in [0.5, 0.6) is 0 Å². The SMILES string of the molecule is Cc1ccc(Br)cc1NC(C)c1ccc([N+](=O)[O-])cc1. The Labute approximate surface area is 126 Å². The van der Waals surface area contributed by atoms with Gasteiger partial charge in [0.05, 0.1) is 4.92 Å². The molecule has 0 saturated heterocycles. The maximum Gasteiger partial charge on any atom is 0.269 e. The zero-order chi connectivity index (χ0) is 14.7. The van der Waals surface area contributed by atoms with Crippen molar-refractivity contribution < 1.29 is 4.92 Å².